The summed E-state index contributed by atoms with van der Waals surface area (Å²) in [5.41, 5.74) is 1.14. The van der Waals surface area contributed by atoms with Gasteiger partial charge in [0.2, 0.25) is 5.88 Å². The Morgan fingerprint density at radius 1 is 1.47 bits per heavy atom. The first kappa shape index (κ1) is 12.5. The second-order valence-corrected chi connectivity index (χ2v) is 4.22. The second kappa shape index (κ2) is 6.80. The summed E-state index contributed by atoms with van der Waals surface area (Å²) in [6.07, 6.45) is 2.92. The molecular weight excluding hydrogens is 256 g/mol. The summed E-state index contributed by atoms with van der Waals surface area (Å²) < 4.78 is 6.51. The Labute approximate surface area is 99.4 Å². The summed E-state index contributed by atoms with van der Waals surface area (Å²) in [6, 6.07) is 1.93. The molecule has 1 aromatic rings. The van der Waals surface area contributed by atoms with Crippen LogP contribution in [-0.2, 0) is 0 Å². The van der Waals surface area contributed by atoms with Crippen LogP contribution in [0.4, 0.5) is 0 Å². The summed E-state index contributed by atoms with van der Waals surface area (Å²) in [6.45, 7) is 6.73. The van der Waals surface area contributed by atoms with Crippen molar-refractivity contribution in [2.45, 2.75) is 20.3 Å². The lowest BCUT2D eigenvalue weighted by molar-refractivity contribution is 0.302. The molecule has 0 aliphatic rings. The zero-order chi connectivity index (χ0) is 11.1. The van der Waals surface area contributed by atoms with Crippen LogP contribution in [0.3, 0.4) is 0 Å². The van der Waals surface area contributed by atoms with Gasteiger partial charge in [0.15, 0.2) is 0 Å². The lowest BCUT2D eigenvalue weighted by atomic mass is 10.3. The SMILES string of the molecule is CCCNCCOc1cc(C)c(Br)cn1. The highest BCUT2D eigenvalue weighted by Gasteiger charge is 1.99. The van der Waals surface area contributed by atoms with Crippen molar-refractivity contribution in [1.82, 2.24) is 10.3 Å². The number of nitrogens with zero attached hydrogens (tertiary/aromatic N) is 1. The Bertz CT molecular complexity index is 305. The lowest BCUT2D eigenvalue weighted by Gasteiger charge is -2.07. The molecule has 3 nitrogen and oxygen atoms in total. The van der Waals surface area contributed by atoms with Crippen molar-refractivity contribution in [2.24, 2.45) is 0 Å². The molecule has 0 spiro atoms. The molecule has 0 aliphatic carbocycles. The second-order valence-electron chi connectivity index (χ2n) is 3.37. The molecule has 0 atom stereocenters. The van der Waals surface area contributed by atoms with E-state index in [0.717, 1.165) is 29.5 Å². The van der Waals surface area contributed by atoms with Crippen LogP contribution in [0.1, 0.15) is 18.9 Å². The molecule has 0 saturated heterocycles. The lowest BCUT2D eigenvalue weighted by Crippen LogP contribution is -2.21. The van der Waals surface area contributed by atoms with E-state index in [9.17, 15) is 0 Å². The third-order valence-corrected chi connectivity index (χ3v) is 2.81. The maximum Gasteiger partial charge on any atom is 0.213 e. The molecular formula is C11H17BrN2O. The normalized spacial score (nSPS) is 10.3. The Morgan fingerprint density at radius 2 is 2.27 bits per heavy atom. The molecule has 0 saturated carbocycles. The average Bonchev–Trinajstić information content (AvgIpc) is 2.23. The first-order valence-corrected chi connectivity index (χ1v) is 5.99. The molecule has 1 N–H and O–H groups in total. The number of rotatable bonds is 6. The van der Waals surface area contributed by atoms with Gasteiger partial charge in [-0.05, 0) is 41.4 Å². The molecule has 0 radical (unpaired) electrons. The molecule has 0 unspecified atom stereocenters. The van der Waals surface area contributed by atoms with E-state index in [2.05, 4.69) is 33.2 Å². The zero-order valence-electron chi connectivity index (χ0n) is 9.22. The highest BCUT2D eigenvalue weighted by Crippen LogP contribution is 2.18. The van der Waals surface area contributed by atoms with Gasteiger partial charge in [0, 0.05) is 23.3 Å². The summed E-state index contributed by atoms with van der Waals surface area (Å²) in [5, 5.41) is 3.27. The Balaban J connectivity index is 2.28. The topological polar surface area (TPSA) is 34.1 Å². The van der Waals surface area contributed by atoms with E-state index in [1.54, 1.807) is 6.20 Å². The van der Waals surface area contributed by atoms with Gasteiger partial charge >= 0.3 is 0 Å². The van der Waals surface area contributed by atoms with Crippen LogP contribution in [0.25, 0.3) is 0 Å². The van der Waals surface area contributed by atoms with Crippen LogP contribution in [0.2, 0.25) is 0 Å². The van der Waals surface area contributed by atoms with E-state index in [1.807, 2.05) is 13.0 Å². The van der Waals surface area contributed by atoms with Crippen molar-refractivity contribution in [1.29, 1.82) is 0 Å². The fourth-order valence-electron chi connectivity index (χ4n) is 1.12. The monoisotopic (exact) mass is 272 g/mol. The van der Waals surface area contributed by atoms with Crippen LogP contribution in [-0.4, -0.2) is 24.7 Å². The molecule has 0 bridgehead atoms. The minimum Gasteiger partial charge on any atom is -0.476 e. The smallest absolute Gasteiger partial charge is 0.213 e. The molecule has 1 rings (SSSR count). The van der Waals surface area contributed by atoms with Crippen LogP contribution < -0.4 is 10.1 Å². The van der Waals surface area contributed by atoms with Crippen LogP contribution in [0, 0.1) is 6.92 Å². The predicted octanol–water partition coefficient (Wildman–Crippen LogP) is 2.53. The molecule has 4 heteroatoms. The molecule has 0 amide bonds. The van der Waals surface area contributed by atoms with Gasteiger partial charge in [0.1, 0.15) is 6.61 Å². The number of aryl methyl sites for hydroxylation is 1. The summed E-state index contributed by atoms with van der Waals surface area (Å²) in [5.74, 6) is 0.689. The molecule has 0 aromatic carbocycles. The predicted molar refractivity (Wildman–Crippen MR) is 65.3 cm³/mol. The maximum absolute atomic E-state index is 5.49. The fourth-order valence-corrected chi connectivity index (χ4v) is 1.34. The van der Waals surface area contributed by atoms with Gasteiger partial charge in [-0.25, -0.2) is 4.98 Å². The van der Waals surface area contributed by atoms with Gasteiger partial charge in [-0.15, -0.1) is 0 Å². The van der Waals surface area contributed by atoms with Gasteiger partial charge in [-0.2, -0.15) is 0 Å². The Kier molecular flexibility index (Phi) is 5.65. The maximum atomic E-state index is 5.49. The van der Waals surface area contributed by atoms with E-state index in [4.69, 9.17) is 4.74 Å². The van der Waals surface area contributed by atoms with Gasteiger partial charge in [-0.1, -0.05) is 6.92 Å². The van der Waals surface area contributed by atoms with Crippen LogP contribution >= 0.6 is 15.9 Å². The molecule has 15 heavy (non-hydrogen) atoms. The van der Waals surface area contributed by atoms with Crippen molar-refractivity contribution in [2.75, 3.05) is 19.7 Å². The number of pyridine rings is 1. The summed E-state index contributed by atoms with van der Waals surface area (Å²) in [4.78, 5) is 4.16. The highest BCUT2D eigenvalue weighted by molar-refractivity contribution is 9.10. The van der Waals surface area contributed by atoms with E-state index in [-0.39, 0.29) is 0 Å². The minimum absolute atomic E-state index is 0.661. The fraction of sp³-hybridized carbons (Fsp3) is 0.545. The van der Waals surface area contributed by atoms with Crippen molar-refractivity contribution >= 4 is 15.9 Å². The van der Waals surface area contributed by atoms with Crippen molar-refractivity contribution in [3.8, 4) is 5.88 Å². The summed E-state index contributed by atoms with van der Waals surface area (Å²) in [7, 11) is 0. The van der Waals surface area contributed by atoms with E-state index in [1.165, 1.54) is 0 Å². The van der Waals surface area contributed by atoms with Crippen molar-refractivity contribution < 1.29 is 4.74 Å². The first-order valence-electron chi connectivity index (χ1n) is 5.19. The van der Waals surface area contributed by atoms with E-state index in [0.29, 0.717) is 12.5 Å². The highest BCUT2D eigenvalue weighted by atomic mass is 79.9. The van der Waals surface area contributed by atoms with E-state index < -0.39 is 0 Å². The number of hydrogen-bond donors (Lipinski definition) is 1. The summed E-state index contributed by atoms with van der Waals surface area (Å²) >= 11 is 3.40. The Hall–Kier alpha value is -0.610. The average molecular weight is 273 g/mol. The van der Waals surface area contributed by atoms with Crippen LogP contribution in [0.15, 0.2) is 16.7 Å². The zero-order valence-corrected chi connectivity index (χ0v) is 10.8. The van der Waals surface area contributed by atoms with Gasteiger partial charge in [-0.3, -0.25) is 0 Å². The van der Waals surface area contributed by atoms with Crippen LogP contribution in [0.5, 0.6) is 5.88 Å². The number of halogens is 1. The molecule has 1 heterocycles. The van der Waals surface area contributed by atoms with Crippen molar-refractivity contribution in [3.05, 3.63) is 22.3 Å². The number of nitrogens with one attached hydrogen (secondary N) is 1. The van der Waals surface area contributed by atoms with Gasteiger partial charge < -0.3 is 10.1 Å². The van der Waals surface area contributed by atoms with Crippen molar-refractivity contribution in [3.63, 3.8) is 0 Å². The number of ether oxygens (including phenoxy) is 1. The quantitative estimate of drug-likeness (QED) is 0.809. The number of aromatic nitrogens is 1. The molecule has 0 aliphatic heterocycles. The van der Waals surface area contributed by atoms with E-state index >= 15 is 0 Å². The third kappa shape index (κ3) is 4.62. The number of hydrogen-bond acceptors (Lipinski definition) is 3. The standard InChI is InChI=1S/C11H17BrN2O/c1-3-4-13-5-6-15-11-7-9(2)10(12)8-14-11/h7-8,13H,3-6H2,1-2H3. The minimum atomic E-state index is 0.661. The van der Waals surface area contributed by atoms with Gasteiger partial charge in [0.25, 0.3) is 0 Å². The third-order valence-electron chi connectivity index (χ3n) is 1.98. The first-order chi connectivity index (χ1) is 7.24. The van der Waals surface area contributed by atoms with Gasteiger partial charge in [0.05, 0.1) is 0 Å². The largest absolute Gasteiger partial charge is 0.476 e. The molecule has 84 valence electrons. The molecule has 1 aromatic heterocycles. The Morgan fingerprint density at radius 3 is 2.93 bits per heavy atom. The molecule has 0 fully saturated rings.